The summed E-state index contributed by atoms with van der Waals surface area (Å²) in [5.41, 5.74) is -0.953. The van der Waals surface area contributed by atoms with E-state index in [1.165, 1.54) is 24.5 Å². The smallest absolute Gasteiger partial charge is 0.410 e. The van der Waals surface area contributed by atoms with Crippen molar-refractivity contribution in [2.24, 2.45) is 0 Å². The van der Waals surface area contributed by atoms with Gasteiger partial charge in [-0.05, 0) is 48.7 Å². The van der Waals surface area contributed by atoms with E-state index in [1.54, 1.807) is 0 Å². The molecule has 0 spiro atoms. The molecule has 176 valence electrons. The Balaban J connectivity index is 1.68. The van der Waals surface area contributed by atoms with Crippen molar-refractivity contribution < 1.29 is 31.5 Å². The highest BCUT2D eigenvalue weighted by atomic mass is 19.3. The zero-order valence-corrected chi connectivity index (χ0v) is 17.3. The minimum absolute atomic E-state index is 0.210. The largest absolute Gasteiger partial charge is 0.432 e. The Bertz CT molecular complexity index is 992. The minimum atomic E-state index is -3.89. The van der Waals surface area contributed by atoms with Crippen molar-refractivity contribution in [3.63, 3.8) is 0 Å². The first kappa shape index (κ1) is 24.4. The van der Waals surface area contributed by atoms with Crippen molar-refractivity contribution >= 4 is 5.91 Å². The fourth-order valence-corrected chi connectivity index (χ4v) is 3.10. The van der Waals surface area contributed by atoms with Gasteiger partial charge in [-0.3, -0.25) is 15.1 Å². The lowest BCUT2D eigenvalue weighted by Gasteiger charge is -2.27. The van der Waals surface area contributed by atoms with E-state index in [-0.39, 0.29) is 11.3 Å². The van der Waals surface area contributed by atoms with E-state index in [0.717, 1.165) is 24.3 Å². The second-order valence-corrected chi connectivity index (χ2v) is 7.91. The molecule has 0 bridgehead atoms. The normalized spacial score (nSPS) is 15.9. The van der Waals surface area contributed by atoms with E-state index < -0.39 is 54.7 Å². The second-order valence-electron chi connectivity index (χ2n) is 7.91. The Hall–Kier alpha value is -3.26. The maximum Gasteiger partial charge on any atom is 0.410 e. The number of hydrogen-bond acceptors (Lipinski definition) is 5. The van der Waals surface area contributed by atoms with Gasteiger partial charge in [0.2, 0.25) is 5.91 Å². The molecule has 1 unspecified atom stereocenters. The molecule has 1 fully saturated rings. The van der Waals surface area contributed by atoms with Crippen LogP contribution in [0, 0.1) is 17.1 Å². The predicted octanol–water partition coefficient (Wildman–Crippen LogP) is 3.59. The van der Waals surface area contributed by atoms with Gasteiger partial charge in [-0.25, -0.2) is 13.2 Å². The molecule has 33 heavy (non-hydrogen) atoms. The molecule has 2 N–H and O–H groups in total. The summed E-state index contributed by atoms with van der Waals surface area (Å²) in [4.78, 5) is 16.4. The molecule has 1 saturated carbocycles. The maximum absolute atomic E-state index is 14.7. The van der Waals surface area contributed by atoms with Crippen LogP contribution in [0.25, 0.3) is 0 Å². The van der Waals surface area contributed by atoms with Crippen molar-refractivity contribution in [2.75, 3.05) is 6.54 Å². The number of aromatic nitrogens is 1. The van der Waals surface area contributed by atoms with Gasteiger partial charge in [0.15, 0.2) is 0 Å². The number of benzene rings is 1. The summed E-state index contributed by atoms with van der Waals surface area (Å²) in [5.74, 6) is -5.41. The van der Waals surface area contributed by atoms with Gasteiger partial charge in [-0.1, -0.05) is 6.07 Å². The van der Waals surface area contributed by atoms with Gasteiger partial charge in [-0.2, -0.15) is 14.0 Å². The van der Waals surface area contributed by atoms with Crippen LogP contribution < -0.4 is 15.4 Å². The zero-order valence-electron chi connectivity index (χ0n) is 17.3. The third kappa shape index (κ3) is 7.39. The molecular weight excluding hydrogens is 447 g/mol. The Kier molecular flexibility index (Phi) is 7.17. The van der Waals surface area contributed by atoms with Gasteiger partial charge in [0.05, 0.1) is 12.1 Å². The molecule has 1 aliphatic carbocycles. The molecule has 3 rings (SSSR count). The molecule has 1 aliphatic rings. The van der Waals surface area contributed by atoms with Crippen LogP contribution in [0.15, 0.2) is 48.8 Å². The summed E-state index contributed by atoms with van der Waals surface area (Å²) in [5, 5.41) is 13.7. The molecule has 1 heterocycles. The Morgan fingerprint density at radius 3 is 2.48 bits per heavy atom. The van der Waals surface area contributed by atoms with Crippen LogP contribution >= 0.6 is 0 Å². The molecule has 2 aromatic rings. The first-order valence-corrected chi connectivity index (χ1v) is 10.1. The van der Waals surface area contributed by atoms with Gasteiger partial charge in [0.1, 0.15) is 23.7 Å². The number of nitriles is 1. The zero-order chi connectivity index (χ0) is 24.1. The lowest BCUT2D eigenvalue weighted by molar-refractivity contribution is -0.174. The Morgan fingerprint density at radius 1 is 1.21 bits per heavy atom. The summed E-state index contributed by atoms with van der Waals surface area (Å²) >= 11 is 0. The average Bonchev–Trinajstić information content (AvgIpc) is 3.53. The number of nitrogens with one attached hydrogen (secondary N) is 2. The van der Waals surface area contributed by atoms with E-state index in [4.69, 9.17) is 5.26 Å². The van der Waals surface area contributed by atoms with Crippen molar-refractivity contribution in [1.82, 2.24) is 15.6 Å². The highest BCUT2D eigenvalue weighted by Crippen LogP contribution is 2.35. The third-order valence-electron chi connectivity index (χ3n) is 4.97. The first-order valence-electron chi connectivity index (χ1n) is 10.1. The summed E-state index contributed by atoms with van der Waals surface area (Å²) in [6.45, 7) is -1.27. The molecule has 1 amide bonds. The number of hydrogen-bond donors (Lipinski definition) is 2. The summed E-state index contributed by atoms with van der Waals surface area (Å²) in [6, 6.07) is 6.88. The number of alkyl halides is 4. The molecule has 0 aliphatic heterocycles. The van der Waals surface area contributed by atoms with Crippen LogP contribution in [0.5, 0.6) is 5.75 Å². The number of halogens is 5. The van der Waals surface area contributed by atoms with Crippen molar-refractivity contribution in [3.8, 4) is 11.8 Å². The van der Waals surface area contributed by atoms with E-state index >= 15 is 0 Å². The Labute approximate surface area is 186 Å². The molecule has 0 radical (unpaired) electrons. The van der Waals surface area contributed by atoms with E-state index in [0.29, 0.717) is 12.8 Å². The molecule has 1 aromatic carbocycles. The fraction of sp³-hybridized carbons (Fsp3) is 0.409. The summed E-state index contributed by atoms with van der Waals surface area (Å²) in [6.07, 6.45) is -2.38. The first-order chi connectivity index (χ1) is 15.5. The lowest BCUT2D eigenvalue weighted by Crippen LogP contribution is -2.53. The van der Waals surface area contributed by atoms with Crippen LogP contribution in [0.1, 0.15) is 24.8 Å². The van der Waals surface area contributed by atoms with Crippen molar-refractivity contribution in [1.29, 1.82) is 5.26 Å². The number of amides is 1. The number of rotatable bonds is 11. The van der Waals surface area contributed by atoms with E-state index in [2.05, 4.69) is 20.4 Å². The molecule has 1 atom stereocenters. The van der Waals surface area contributed by atoms with Gasteiger partial charge < -0.3 is 10.1 Å². The maximum atomic E-state index is 14.7. The molecule has 6 nitrogen and oxygen atoms in total. The van der Waals surface area contributed by atoms with Gasteiger partial charge in [0.25, 0.3) is 5.92 Å². The number of carbonyl (C=O) groups is 1. The van der Waals surface area contributed by atoms with Crippen LogP contribution in [0.4, 0.5) is 22.0 Å². The van der Waals surface area contributed by atoms with Crippen molar-refractivity contribution in [3.05, 3.63) is 60.2 Å². The van der Waals surface area contributed by atoms with Crippen LogP contribution in [0.2, 0.25) is 0 Å². The van der Waals surface area contributed by atoms with Gasteiger partial charge in [0, 0.05) is 25.2 Å². The summed E-state index contributed by atoms with van der Waals surface area (Å²) in [7, 11) is 0. The number of pyridine rings is 1. The molecule has 11 heteroatoms. The highest BCUT2D eigenvalue weighted by molar-refractivity contribution is 5.83. The molecule has 0 saturated heterocycles. The summed E-state index contributed by atoms with van der Waals surface area (Å²) < 4.78 is 75.4. The SMILES string of the molecule is N#CC1(NC(=O)C(CC(F)(F)Cc2cccnc2)NCC(F)(F)Oc2ccc(F)cc2)CC1. The van der Waals surface area contributed by atoms with Gasteiger partial charge in [-0.15, -0.1) is 0 Å². The predicted molar refractivity (Wildman–Crippen MR) is 107 cm³/mol. The van der Waals surface area contributed by atoms with E-state index in [9.17, 15) is 26.7 Å². The lowest BCUT2D eigenvalue weighted by atomic mass is 10.0. The minimum Gasteiger partial charge on any atom is -0.432 e. The fourth-order valence-electron chi connectivity index (χ4n) is 3.10. The molecule has 1 aromatic heterocycles. The topological polar surface area (TPSA) is 87.0 Å². The number of nitrogens with zero attached hydrogens (tertiary/aromatic N) is 2. The second kappa shape index (κ2) is 9.70. The quantitative estimate of drug-likeness (QED) is 0.493. The Morgan fingerprint density at radius 2 is 1.91 bits per heavy atom. The monoisotopic (exact) mass is 468 g/mol. The third-order valence-corrected chi connectivity index (χ3v) is 4.97. The number of carbonyl (C=O) groups excluding carboxylic acids is 1. The van der Waals surface area contributed by atoms with Crippen molar-refractivity contribution in [2.45, 2.75) is 49.3 Å². The molecular formula is C22H21F5N4O2. The van der Waals surface area contributed by atoms with Crippen LogP contribution in [-0.4, -0.2) is 41.0 Å². The standard InChI is InChI=1S/C22H21F5N4O2/c23-16-3-5-17(6-4-16)33-22(26,27)14-30-18(19(32)31-20(13-28)7-8-20)11-21(24,25)10-15-2-1-9-29-12-15/h1-6,9,12,18,30H,7-8,10-11,14H2,(H,31,32). The van der Waals surface area contributed by atoms with Crippen LogP contribution in [-0.2, 0) is 11.2 Å². The highest BCUT2D eigenvalue weighted by Gasteiger charge is 2.47. The van der Waals surface area contributed by atoms with Crippen LogP contribution in [0.3, 0.4) is 0 Å². The van der Waals surface area contributed by atoms with Gasteiger partial charge >= 0.3 is 6.11 Å². The average molecular weight is 468 g/mol. The van der Waals surface area contributed by atoms with E-state index in [1.807, 2.05) is 6.07 Å². The number of ether oxygens (including phenoxy) is 1.